The van der Waals surface area contributed by atoms with Crippen molar-refractivity contribution in [2.24, 2.45) is 5.92 Å². The minimum absolute atomic E-state index is 0.399. The number of hydrogen-bond donors (Lipinski definition) is 1. The van der Waals surface area contributed by atoms with E-state index in [0.717, 1.165) is 0 Å². The molecule has 0 aromatic heterocycles. The molecule has 1 heterocycles. The summed E-state index contributed by atoms with van der Waals surface area (Å²) >= 11 is 0. The number of esters is 2. The van der Waals surface area contributed by atoms with Crippen LogP contribution in [-0.4, -0.2) is 53.7 Å². The van der Waals surface area contributed by atoms with Crippen molar-refractivity contribution in [3.8, 4) is 0 Å². The number of carbonyl (C=O) groups excluding carboxylic acids is 2. The number of alkyl halides is 5. The molecule has 0 saturated carbocycles. The first-order valence-electron chi connectivity index (χ1n) is 6.91. The zero-order chi connectivity index (χ0) is 19.0. The van der Waals surface area contributed by atoms with Crippen LogP contribution >= 0.6 is 0 Å². The van der Waals surface area contributed by atoms with Crippen LogP contribution in [0, 0.1) is 5.92 Å². The van der Waals surface area contributed by atoms with Crippen molar-refractivity contribution < 1.29 is 50.9 Å². The predicted molar refractivity (Wildman–Crippen MR) is 66.8 cm³/mol. The lowest BCUT2D eigenvalue weighted by Crippen LogP contribution is -2.63. The zero-order valence-corrected chi connectivity index (χ0v) is 13.1. The SMILES string of the molecule is CCC(C)C(=O)OCC(=O)OC1(C)COC(O)(C(F)(F)F)C1(F)F. The fourth-order valence-corrected chi connectivity index (χ4v) is 1.85. The van der Waals surface area contributed by atoms with Gasteiger partial charge in [-0.2, -0.15) is 22.0 Å². The van der Waals surface area contributed by atoms with E-state index in [1.807, 2.05) is 0 Å². The van der Waals surface area contributed by atoms with Gasteiger partial charge in [0.2, 0.25) is 5.60 Å². The Morgan fingerprint density at radius 1 is 1.33 bits per heavy atom. The van der Waals surface area contributed by atoms with Crippen LogP contribution in [-0.2, 0) is 23.8 Å². The van der Waals surface area contributed by atoms with Gasteiger partial charge in [0.25, 0.3) is 0 Å². The lowest BCUT2D eigenvalue weighted by atomic mass is 9.94. The number of halogens is 5. The first kappa shape index (κ1) is 20.6. The summed E-state index contributed by atoms with van der Waals surface area (Å²) in [6.07, 6.45) is -5.42. The summed E-state index contributed by atoms with van der Waals surface area (Å²) in [5.74, 6) is -12.6. The highest BCUT2D eigenvalue weighted by atomic mass is 19.4. The monoisotopic (exact) mass is 364 g/mol. The van der Waals surface area contributed by atoms with Crippen molar-refractivity contribution in [1.29, 1.82) is 0 Å². The average molecular weight is 364 g/mol. The summed E-state index contributed by atoms with van der Waals surface area (Å²) in [5.41, 5.74) is -3.09. The fourth-order valence-electron chi connectivity index (χ4n) is 1.85. The predicted octanol–water partition coefficient (Wildman–Crippen LogP) is 1.79. The van der Waals surface area contributed by atoms with Gasteiger partial charge in [-0.05, 0) is 13.3 Å². The molecular weight excluding hydrogens is 347 g/mol. The van der Waals surface area contributed by atoms with E-state index in [1.165, 1.54) is 6.92 Å². The minimum Gasteiger partial charge on any atom is -0.453 e. The molecule has 11 heteroatoms. The molecule has 1 aliphatic rings. The van der Waals surface area contributed by atoms with Gasteiger partial charge in [-0.1, -0.05) is 13.8 Å². The third-order valence-electron chi connectivity index (χ3n) is 3.72. The van der Waals surface area contributed by atoms with Crippen LogP contribution < -0.4 is 0 Å². The Kier molecular flexibility index (Phi) is 5.51. The van der Waals surface area contributed by atoms with Gasteiger partial charge in [-0.25, -0.2) is 4.79 Å². The van der Waals surface area contributed by atoms with Gasteiger partial charge in [0.05, 0.1) is 12.5 Å². The van der Waals surface area contributed by atoms with Crippen molar-refractivity contribution in [3.63, 3.8) is 0 Å². The number of carbonyl (C=O) groups is 2. The Balaban J connectivity index is 2.81. The van der Waals surface area contributed by atoms with Gasteiger partial charge in [-0.3, -0.25) is 4.79 Å². The van der Waals surface area contributed by atoms with Gasteiger partial charge in [-0.15, -0.1) is 0 Å². The molecule has 140 valence electrons. The first-order chi connectivity index (χ1) is 10.7. The van der Waals surface area contributed by atoms with E-state index in [2.05, 4.69) is 14.2 Å². The Labute approximate surface area is 133 Å². The second kappa shape index (κ2) is 6.43. The Bertz CT molecular complexity index is 508. The molecule has 1 aliphatic heterocycles. The molecule has 0 amide bonds. The van der Waals surface area contributed by atoms with Crippen LogP contribution in [0.4, 0.5) is 22.0 Å². The first-order valence-corrected chi connectivity index (χ1v) is 6.91. The molecule has 24 heavy (non-hydrogen) atoms. The number of aliphatic hydroxyl groups is 1. The molecule has 1 N–H and O–H groups in total. The zero-order valence-electron chi connectivity index (χ0n) is 13.1. The van der Waals surface area contributed by atoms with E-state index in [9.17, 15) is 31.5 Å². The van der Waals surface area contributed by atoms with E-state index in [-0.39, 0.29) is 0 Å². The average Bonchev–Trinajstić information content (AvgIpc) is 2.64. The van der Waals surface area contributed by atoms with Crippen molar-refractivity contribution >= 4 is 11.9 Å². The van der Waals surface area contributed by atoms with Crippen LogP contribution in [0.3, 0.4) is 0 Å². The normalized spacial score (nSPS) is 30.7. The lowest BCUT2D eigenvalue weighted by molar-refractivity contribution is -0.409. The van der Waals surface area contributed by atoms with Crippen molar-refractivity contribution in [2.45, 2.75) is 50.7 Å². The molecule has 0 aromatic carbocycles. The van der Waals surface area contributed by atoms with E-state index in [1.54, 1.807) is 6.92 Å². The summed E-state index contributed by atoms with van der Waals surface area (Å²) in [6.45, 7) is 1.18. The van der Waals surface area contributed by atoms with E-state index in [4.69, 9.17) is 5.11 Å². The summed E-state index contributed by atoms with van der Waals surface area (Å²) in [4.78, 5) is 22.9. The van der Waals surface area contributed by atoms with Gasteiger partial charge in [0, 0.05) is 0 Å². The molecule has 3 unspecified atom stereocenters. The Hall–Kier alpha value is -1.49. The number of hydrogen-bond acceptors (Lipinski definition) is 6. The van der Waals surface area contributed by atoms with Crippen molar-refractivity contribution in [3.05, 3.63) is 0 Å². The topological polar surface area (TPSA) is 82.1 Å². The summed E-state index contributed by atoms with van der Waals surface area (Å²) < 4.78 is 78.6. The Morgan fingerprint density at radius 2 is 1.88 bits per heavy atom. The van der Waals surface area contributed by atoms with E-state index >= 15 is 0 Å². The van der Waals surface area contributed by atoms with Gasteiger partial charge in [0.1, 0.15) is 0 Å². The van der Waals surface area contributed by atoms with Crippen molar-refractivity contribution in [1.82, 2.24) is 0 Å². The maximum Gasteiger partial charge on any atom is 0.449 e. The quantitative estimate of drug-likeness (QED) is 0.592. The standard InChI is InChI=1S/C13H17F5O6/c1-4-7(2)9(20)22-5-8(19)24-10(3)6-23-12(21,11(10,14)15)13(16,17)18/h7,21H,4-6H2,1-3H3. The molecule has 6 nitrogen and oxygen atoms in total. The second-order valence-corrected chi connectivity index (χ2v) is 5.63. The fraction of sp³-hybridized carbons (Fsp3) is 0.846. The Morgan fingerprint density at radius 3 is 2.29 bits per heavy atom. The molecule has 1 fully saturated rings. The third-order valence-corrected chi connectivity index (χ3v) is 3.72. The molecule has 1 rings (SSSR count). The van der Waals surface area contributed by atoms with Gasteiger partial charge < -0.3 is 19.3 Å². The maximum atomic E-state index is 14.0. The maximum absolute atomic E-state index is 14.0. The van der Waals surface area contributed by atoms with Crippen molar-refractivity contribution in [2.75, 3.05) is 13.2 Å². The molecule has 0 radical (unpaired) electrons. The molecule has 0 bridgehead atoms. The van der Waals surface area contributed by atoms with Crippen LogP contribution in [0.5, 0.6) is 0 Å². The molecule has 0 aromatic rings. The van der Waals surface area contributed by atoms with Crippen LogP contribution in [0.25, 0.3) is 0 Å². The third kappa shape index (κ3) is 3.32. The van der Waals surface area contributed by atoms with E-state index < -0.39 is 54.6 Å². The highest BCUT2D eigenvalue weighted by Gasteiger charge is 2.82. The second-order valence-electron chi connectivity index (χ2n) is 5.63. The van der Waals surface area contributed by atoms with Gasteiger partial charge >= 0.3 is 29.8 Å². The summed E-state index contributed by atoms with van der Waals surface area (Å²) in [5, 5.41) is 9.15. The molecule has 0 spiro atoms. The van der Waals surface area contributed by atoms with Crippen LogP contribution in [0.2, 0.25) is 0 Å². The van der Waals surface area contributed by atoms with Crippen LogP contribution in [0.1, 0.15) is 27.2 Å². The number of rotatable bonds is 5. The van der Waals surface area contributed by atoms with Crippen LogP contribution in [0.15, 0.2) is 0 Å². The molecule has 0 aliphatic carbocycles. The summed E-state index contributed by atoms with van der Waals surface area (Å²) in [7, 11) is 0. The lowest BCUT2D eigenvalue weighted by Gasteiger charge is -2.35. The highest BCUT2D eigenvalue weighted by Crippen LogP contribution is 2.54. The van der Waals surface area contributed by atoms with E-state index in [0.29, 0.717) is 13.3 Å². The molecule has 3 atom stereocenters. The minimum atomic E-state index is -5.82. The molecular formula is C13H17F5O6. The molecule has 1 saturated heterocycles. The highest BCUT2D eigenvalue weighted by molar-refractivity contribution is 5.77. The summed E-state index contributed by atoms with van der Waals surface area (Å²) in [6, 6.07) is 0. The van der Waals surface area contributed by atoms with Gasteiger partial charge in [0.15, 0.2) is 6.61 Å². The largest absolute Gasteiger partial charge is 0.453 e. The number of ether oxygens (including phenoxy) is 3. The smallest absolute Gasteiger partial charge is 0.449 e.